The maximum absolute atomic E-state index is 14.7. The van der Waals surface area contributed by atoms with E-state index in [0.29, 0.717) is 30.3 Å². The van der Waals surface area contributed by atoms with Crippen LogP contribution in [-0.2, 0) is 0 Å². The van der Waals surface area contributed by atoms with Crippen LogP contribution in [0.2, 0.25) is 0 Å². The molecule has 2 aliphatic rings. The zero-order valence-electron chi connectivity index (χ0n) is 18.6. The van der Waals surface area contributed by atoms with Crippen molar-refractivity contribution in [2.75, 3.05) is 18.0 Å². The van der Waals surface area contributed by atoms with Gasteiger partial charge in [-0.3, -0.25) is 9.36 Å². The molecule has 3 N–H and O–H groups in total. The average molecular weight is 505 g/mol. The van der Waals surface area contributed by atoms with Gasteiger partial charge in [-0.25, -0.2) is 18.6 Å². The fourth-order valence-electron chi connectivity index (χ4n) is 4.97. The number of hydrogen-bond donors (Lipinski definition) is 2. The first-order chi connectivity index (χ1) is 16.2. The molecule has 3 aromatic rings. The minimum Gasteiger partial charge on any atom is -0.449 e. The lowest BCUT2D eigenvalue weighted by atomic mass is 9.77. The van der Waals surface area contributed by atoms with E-state index in [1.165, 1.54) is 16.7 Å². The van der Waals surface area contributed by atoms with Crippen molar-refractivity contribution >= 4 is 35.4 Å². The topological polar surface area (TPSA) is 111 Å². The highest BCUT2D eigenvalue weighted by atomic mass is 35.5. The molecule has 184 valence electrons. The van der Waals surface area contributed by atoms with E-state index in [-0.39, 0.29) is 41.1 Å². The van der Waals surface area contributed by atoms with Gasteiger partial charge < -0.3 is 20.5 Å². The number of carbonyl (C=O) groups is 1. The van der Waals surface area contributed by atoms with Crippen LogP contribution >= 0.6 is 12.4 Å². The van der Waals surface area contributed by atoms with Crippen molar-refractivity contribution in [3.63, 3.8) is 0 Å². The molecule has 2 aromatic heterocycles. The van der Waals surface area contributed by atoms with Crippen LogP contribution in [0.4, 0.5) is 19.4 Å². The standard InChI is InChI=1S/C24H22F2N4O4.ClH/c1-12-2-5-18(27)16-10-29(9-15(12)16)21-7-4-14-22(31)20(34-24(32)33)11-30(23(14)28-21)19-6-3-13(25)8-17(19)26;/h2-8,11-12,15-16,18H,9-10,27H2,1H3,(H,32,33);1H. The Balaban J connectivity index is 0.00000289. The van der Waals surface area contributed by atoms with Gasteiger partial charge >= 0.3 is 6.16 Å². The summed E-state index contributed by atoms with van der Waals surface area (Å²) < 4.78 is 34.0. The zero-order valence-corrected chi connectivity index (χ0v) is 19.4. The summed E-state index contributed by atoms with van der Waals surface area (Å²) in [6.45, 7) is 3.54. The number of anilines is 1. The van der Waals surface area contributed by atoms with E-state index in [2.05, 4.69) is 27.6 Å². The molecule has 5 rings (SSSR count). The van der Waals surface area contributed by atoms with Gasteiger partial charge in [0, 0.05) is 31.1 Å². The average Bonchev–Trinajstić information content (AvgIpc) is 3.25. The van der Waals surface area contributed by atoms with Crippen LogP contribution in [0.25, 0.3) is 16.7 Å². The summed E-state index contributed by atoms with van der Waals surface area (Å²) in [6.07, 6.45) is 3.52. The highest BCUT2D eigenvalue weighted by Crippen LogP contribution is 2.38. The van der Waals surface area contributed by atoms with Crippen LogP contribution < -0.4 is 20.8 Å². The van der Waals surface area contributed by atoms with E-state index >= 15 is 0 Å². The summed E-state index contributed by atoms with van der Waals surface area (Å²) in [7, 11) is 0. The molecule has 0 radical (unpaired) electrons. The SMILES string of the molecule is CC1C=CC(N)C2CN(c3ccc4c(=O)c(OC(=O)O)cn(-c5ccc(F)cc5F)c4n3)CC12.Cl. The molecule has 4 atom stereocenters. The lowest BCUT2D eigenvalue weighted by molar-refractivity contribution is 0.144. The predicted molar refractivity (Wildman–Crippen MR) is 129 cm³/mol. The van der Waals surface area contributed by atoms with Crippen molar-refractivity contribution in [2.24, 2.45) is 23.5 Å². The molecule has 1 aliphatic carbocycles. The molecule has 1 fully saturated rings. The minimum absolute atomic E-state index is 0. The molecule has 0 saturated carbocycles. The van der Waals surface area contributed by atoms with E-state index in [1.807, 2.05) is 6.08 Å². The van der Waals surface area contributed by atoms with E-state index in [4.69, 9.17) is 10.8 Å². The van der Waals surface area contributed by atoms with Gasteiger partial charge in [0.05, 0.1) is 17.3 Å². The summed E-state index contributed by atoms with van der Waals surface area (Å²) in [5.41, 5.74) is 5.58. The quantitative estimate of drug-likeness (QED) is 0.413. The van der Waals surface area contributed by atoms with Gasteiger partial charge in [-0.05, 0) is 36.1 Å². The van der Waals surface area contributed by atoms with Crippen LogP contribution in [0, 0.1) is 29.4 Å². The Hall–Kier alpha value is -3.50. The van der Waals surface area contributed by atoms with Crippen molar-refractivity contribution in [3.8, 4) is 11.4 Å². The third-order valence-electron chi connectivity index (χ3n) is 6.71. The third kappa shape index (κ3) is 4.35. The first kappa shape index (κ1) is 24.6. The van der Waals surface area contributed by atoms with E-state index < -0.39 is 29.0 Å². The van der Waals surface area contributed by atoms with Crippen molar-refractivity contribution in [1.29, 1.82) is 0 Å². The highest BCUT2D eigenvalue weighted by Gasteiger charge is 2.40. The number of aromatic nitrogens is 2. The normalized spacial score (nSPS) is 23.1. The summed E-state index contributed by atoms with van der Waals surface area (Å²) in [4.78, 5) is 30.7. The number of hydrogen-bond acceptors (Lipinski definition) is 6. The Morgan fingerprint density at radius 3 is 2.60 bits per heavy atom. The monoisotopic (exact) mass is 504 g/mol. The number of carboxylic acid groups (broad SMARTS) is 1. The molecule has 1 aliphatic heterocycles. The van der Waals surface area contributed by atoms with Gasteiger partial charge in [0.25, 0.3) is 0 Å². The number of benzene rings is 1. The second-order valence-corrected chi connectivity index (χ2v) is 8.75. The second kappa shape index (κ2) is 9.27. The smallest absolute Gasteiger partial charge is 0.449 e. The molecule has 8 nitrogen and oxygen atoms in total. The molecular formula is C24H23ClF2N4O4. The van der Waals surface area contributed by atoms with Crippen LogP contribution in [0.5, 0.6) is 5.75 Å². The van der Waals surface area contributed by atoms with Gasteiger partial charge in [0.15, 0.2) is 11.4 Å². The Bertz CT molecular complexity index is 1380. The summed E-state index contributed by atoms with van der Waals surface area (Å²) in [6, 6.07) is 6.06. The third-order valence-corrected chi connectivity index (χ3v) is 6.71. The lowest BCUT2D eigenvalue weighted by Crippen LogP contribution is -2.38. The number of ether oxygens (including phenoxy) is 1. The van der Waals surface area contributed by atoms with Crippen LogP contribution in [0.1, 0.15) is 6.92 Å². The van der Waals surface area contributed by atoms with Gasteiger partial charge in [0.2, 0.25) is 5.43 Å². The fourth-order valence-corrected chi connectivity index (χ4v) is 4.97. The highest BCUT2D eigenvalue weighted by molar-refractivity contribution is 5.85. The molecule has 0 bridgehead atoms. The molecule has 1 aromatic carbocycles. The summed E-state index contributed by atoms with van der Waals surface area (Å²) >= 11 is 0. The minimum atomic E-state index is -1.69. The molecule has 1 saturated heterocycles. The van der Waals surface area contributed by atoms with E-state index in [0.717, 1.165) is 18.8 Å². The molecule has 4 unspecified atom stereocenters. The maximum atomic E-state index is 14.7. The maximum Gasteiger partial charge on any atom is 0.511 e. The number of nitrogens with two attached hydrogens (primary N) is 1. The number of pyridine rings is 2. The van der Waals surface area contributed by atoms with Crippen molar-refractivity contribution in [3.05, 3.63) is 70.5 Å². The van der Waals surface area contributed by atoms with Crippen LogP contribution in [0.15, 0.2) is 53.5 Å². The van der Waals surface area contributed by atoms with Crippen LogP contribution in [0.3, 0.4) is 0 Å². The predicted octanol–water partition coefficient (Wildman–Crippen LogP) is 3.73. The number of fused-ring (bicyclic) bond motifs is 2. The van der Waals surface area contributed by atoms with Crippen molar-refractivity contribution in [1.82, 2.24) is 9.55 Å². The summed E-state index contributed by atoms with van der Waals surface area (Å²) in [5, 5.41) is 9.05. The van der Waals surface area contributed by atoms with Crippen molar-refractivity contribution < 1.29 is 23.4 Å². The molecular weight excluding hydrogens is 482 g/mol. The fraction of sp³-hybridized carbons (Fsp3) is 0.292. The van der Waals surface area contributed by atoms with E-state index in [9.17, 15) is 18.4 Å². The molecule has 0 amide bonds. The Morgan fingerprint density at radius 1 is 1.17 bits per heavy atom. The first-order valence-electron chi connectivity index (χ1n) is 10.8. The number of nitrogens with zero attached hydrogens (tertiary/aromatic N) is 3. The molecule has 11 heteroatoms. The second-order valence-electron chi connectivity index (χ2n) is 8.75. The molecule has 0 spiro atoms. The first-order valence-corrected chi connectivity index (χ1v) is 10.8. The molecule has 3 heterocycles. The number of allylic oxidation sites excluding steroid dienone is 1. The summed E-state index contributed by atoms with van der Waals surface area (Å²) in [5.74, 6) is -0.670. The number of halogens is 3. The Labute approximate surface area is 205 Å². The van der Waals surface area contributed by atoms with Gasteiger partial charge in [0.1, 0.15) is 17.5 Å². The van der Waals surface area contributed by atoms with E-state index in [1.54, 1.807) is 6.07 Å². The van der Waals surface area contributed by atoms with Gasteiger partial charge in [-0.2, -0.15) is 0 Å². The van der Waals surface area contributed by atoms with Gasteiger partial charge in [-0.1, -0.05) is 19.1 Å². The number of rotatable bonds is 3. The Morgan fingerprint density at radius 2 is 1.91 bits per heavy atom. The lowest BCUT2D eigenvalue weighted by Gasteiger charge is -2.30. The zero-order chi connectivity index (χ0) is 24.1. The van der Waals surface area contributed by atoms with Crippen molar-refractivity contribution in [2.45, 2.75) is 13.0 Å². The van der Waals surface area contributed by atoms with Gasteiger partial charge in [-0.15, -0.1) is 12.4 Å². The van der Waals surface area contributed by atoms with Crippen LogP contribution in [-0.4, -0.2) is 39.9 Å². The molecule has 35 heavy (non-hydrogen) atoms. The Kier molecular flexibility index (Phi) is 6.52. The largest absolute Gasteiger partial charge is 0.511 e.